The first-order chi connectivity index (χ1) is 12.2. The van der Waals surface area contributed by atoms with Gasteiger partial charge in [-0.2, -0.15) is 5.10 Å². The summed E-state index contributed by atoms with van der Waals surface area (Å²) in [6.45, 7) is 3.00. The van der Waals surface area contributed by atoms with Gasteiger partial charge in [0, 0.05) is 11.8 Å². The SMILES string of the molecule is Cc1ccc2cnn(CCC(=O)NCc3nc4ccccc4[nH]3)c2c1. The molecule has 2 aromatic heterocycles. The molecule has 0 aliphatic rings. The molecule has 1 amide bonds. The van der Waals surface area contributed by atoms with E-state index < -0.39 is 0 Å². The predicted octanol–water partition coefficient (Wildman–Crippen LogP) is 2.93. The highest BCUT2D eigenvalue weighted by atomic mass is 16.1. The molecule has 4 aromatic rings. The van der Waals surface area contributed by atoms with E-state index in [-0.39, 0.29) is 5.91 Å². The van der Waals surface area contributed by atoms with Gasteiger partial charge in [-0.1, -0.05) is 24.3 Å². The molecule has 2 aromatic carbocycles. The first-order valence-corrected chi connectivity index (χ1v) is 8.31. The van der Waals surface area contributed by atoms with Crippen LogP contribution in [0.2, 0.25) is 0 Å². The molecule has 25 heavy (non-hydrogen) atoms. The first-order valence-electron chi connectivity index (χ1n) is 8.31. The fraction of sp³-hybridized carbons (Fsp3) is 0.211. The van der Waals surface area contributed by atoms with Crippen molar-refractivity contribution in [3.05, 3.63) is 60.0 Å². The van der Waals surface area contributed by atoms with Crippen LogP contribution in [-0.2, 0) is 17.9 Å². The highest BCUT2D eigenvalue weighted by Crippen LogP contribution is 2.15. The summed E-state index contributed by atoms with van der Waals surface area (Å²) in [7, 11) is 0. The molecule has 0 saturated heterocycles. The van der Waals surface area contributed by atoms with Gasteiger partial charge in [0.2, 0.25) is 5.91 Å². The Morgan fingerprint density at radius 1 is 1.24 bits per heavy atom. The zero-order valence-corrected chi connectivity index (χ0v) is 14.0. The van der Waals surface area contributed by atoms with Crippen molar-refractivity contribution < 1.29 is 4.79 Å². The van der Waals surface area contributed by atoms with Gasteiger partial charge in [-0.25, -0.2) is 4.98 Å². The molecule has 6 nitrogen and oxygen atoms in total. The van der Waals surface area contributed by atoms with Crippen LogP contribution in [-0.4, -0.2) is 25.7 Å². The second-order valence-corrected chi connectivity index (χ2v) is 6.16. The van der Waals surface area contributed by atoms with Crippen molar-refractivity contribution in [2.24, 2.45) is 0 Å². The summed E-state index contributed by atoms with van der Waals surface area (Å²) in [4.78, 5) is 19.8. The molecule has 2 N–H and O–H groups in total. The van der Waals surface area contributed by atoms with Crippen LogP contribution in [0.15, 0.2) is 48.7 Å². The normalized spacial score (nSPS) is 11.2. The Kier molecular flexibility index (Phi) is 3.93. The number of carbonyl (C=O) groups excluding carboxylic acids is 1. The lowest BCUT2D eigenvalue weighted by atomic mass is 10.2. The minimum atomic E-state index is -0.0169. The van der Waals surface area contributed by atoms with Gasteiger partial charge in [0.25, 0.3) is 0 Å². The number of imidazole rings is 1. The van der Waals surface area contributed by atoms with E-state index in [1.807, 2.05) is 35.1 Å². The van der Waals surface area contributed by atoms with Crippen molar-refractivity contribution in [3.63, 3.8) is 0 Å². The Morgan fingerprint density at radius 2 is 2.12 bits per heavy atom. The van der Waals surface area contributed by atoms with Gasteiger partial charge in [0.15, 0.2) is 0 Å². The average molecular weight is 333 g/mol. The molecule has 0 aliphatic heterocycles. The molecule has 0 aliphatic carbocycles. The topological polar surface area (TPSA) is 75.6 Å². The van der Waals surface area contributed by atoms with Crippen molar-refractivity contribution in [1.82, 2.24) is 25.1 Å². The second kappa shape index (κ2) is 6.39. The maximum absolute atomic E-state index is 12.1. The molecule has 0 spiro atoms. The number of rotatable bonds is 5. The third-order valence-electron chi connectivity index (χ3n) is 4.24. The third-order valence-corrected chi connectivity index (χ3v) is 4.24. The van der Waals surface area contributed by atoms with Crippen LogP contribution >= 0.6 is 0 Å². The minimum absolute atomic E-state index is 0.0169. The van der Waals surface area contributed by atoms with Gasteiger partial charge in [0.05, 0.1) is 35.8 Å². The molecule has 4 rings (SSSR count). The van der Waals surface area contributed by atoms with E-state index >= 15 is 0 Å². The van der Waals surface area contributed by atoms with E-state index in [1.54, 1.807) is 0 Å². The number of carbonyl (C=O) groups is 1. The number of para-hydroxylation sites is 2. The molecule has 0 fully saturated rings. The van der Waals surface area contributed by atoms with Gasteiger partial charge in [-0.15, -0.1) is 0 Å². The number of hydrogen-bond acceptors (Lipinski definition) is 3. The largest absolute Gasteiger partial charge is 0.349 e. The summed E-state index contributed by atoms with van der Waals surface area (Å²) in [5.74, 6) is 0.742. The standard InChI is InChI=1S/C19H19N5O/c1-13-6-7-14-11-21-24(17(14)10-13)9-8-19(25)20-12-18-22-15-4-2-3-5-16(15)23-18/h2-7,10-11H,8-9,12H2,1H3,(H,20,25)(H,22,23). The Morgan fingerprint density at radius 3 is 3.00 bits per heavy atom. The Hall–Kier alpha value is -3.15. The van der Waals surface area contributed by atoms with Gasteiger partial charge in [-0.05, 0) is 30.7 Å². The predicted molar refractivity (Wildman–Crippen MR) is 97.0 cm³/mol. The molecular weight excluding hydrogens is 314 g/mol. The maximum Gasteiger partial charge on any atom is 0.222 e. The number of benzene rings is 2. The fourth-order valence-corrected chi connectivity index (χ4v) is 2.93. The molecular formula is C19H19N5O. The highest BCUT2D eigenvalue weighted by Gasteiger charge is 2.08. The number of aryl methyl sites for hydroxylation is 2. The number of aromatic nitrogens is 4. The summed E-state index contributed by atoms with van der Waals surface area (Å²) in [6, 6.07) is 14.0. The van der Waals surface area contributed by atoms with Crippen LogP contribution in [0.25, 0.3) is 21.9 Å². The van der Waals surface area contributed by atoms with Crippen molar-refractivity contribution >= 4 is 27.8 Å². The van der Waals surface area contributed by atoms with Crippen molar-refractivity contribution in [1.29, 1.82) is 0 Å². The first kappa shape index (κ1) is 15.4. The summed E-state index contributed by atoms with van der Waals surface area (Å²) in [5, 5.41) is 8.37. The van der Waals surface area contributed by atoms with Crippen molar-refractivity contribution in [3.8, 4) is 0 Å². The molecule has 0 atom stereocenters. The van der Waals surface area contributed by atoms with E-state index in [0.29, 0.717) is 19.5 Å². The van der Waals surface area contributed by atoms with E-state index in [0.717, 1.165) is 27.8 Å². The van der Waals surface area contributed by atoms with Crippen LogP contribution in [0.5, 0.6) is 0 Å². The van der Waals surface area contributed by atoms with Crippen molar-refractivity contribution in [2.45, 2.75) is 26.4 Å². The van der Waals surface area contributed by atoms with E-state index in [2.05, 4.69) is 45.5 Å². The smallest absolute Gasteiger partial charge is 0.222 e. The van der Waals surface area contributed by atoms with Crippen LogP contribution in [0.3, 0.4) is 0 Å². The summed E-state index contributed by atoms with van der Waals surface area (Å²) in [6.07, 6.45) is 2.21. The van der Waals surface area contributed by atoms with Gasteiger partial charge in [0.1, 0.15) is 5.82 Å². The Balaban J connectivity index is 1.36. The van der Waals surface area contributed by atoms with Gasteiger partial charge < -0.3 is 10.3 Å². The molecule has 0 unspecified atom stereocenters. The third kappa shape index (κ3) is 3.24. The fourth-order valence-electron chi connectivity index (χ4n) is 2.93. The van der Waals surface area contributed by atoms with Crippen LogP contribution in [0, 0.1) is 6.92 Å². The second-order valence-electron chi connectivity index (χ2n) is 6.16. The van der Waals surface area contributed by atoms with Crippen LogP contribution in [0.4, 0.5) is 0 Å². The summed E-state index contributed by atoms with van der Waals surface area (Å²) in [5.41, 5.74) is 4.13. The number of nitrogens with zero attached hydrogens (tertiary/aromatic N) is 3. The van der Waals surface area contributed by atoms with E-state index in [9.17, 15) is 4.79 Å². The lowest BCUT2D eigenvalue weighted by molar-refractivity contribution is -0.121. The zero-order valence-electron chi connectivity index (χ0n) is 14.0. The van der Waals surface area contributed by atoms with Gasteiger partial charge in [-0.3, -0.25) is 9.48 Å². The van der Waals surface area contributed by atoms with Crippen LogP contribution < -0.4 is 5.32 Å². The quantitative estimate of drug-likeness (QED) is 0.589. The Bertz CT molecular complexity index is 1010. The summed E-state index contributed by atoms with van der Waals surface area (Å²) < 4.78 is 1.88. The monoisotopic (exact) mass is 333 g/mol. The lowest BCUT2D eigenvalue weighted by Crippen LogP contribution is -2.24. The average Bonchev–Trinajstić information content (AvgIpc) is 3.21. The highest BCUT2D eigenvalue weighted by molar-refractivity contribution is 5.80. The minimum Gasteiger partial charge on any atom is -0.349 e. The molecule has 0 bridgehead atoms. The van der Waals surface area contributed by atoms with Crippen molar-refractivity contribution in [2.75, 3.05) is 0 Å². The van der Waals surface area contributed by atoms with E-state index in [4.69, 9.17) is 0 Å². The molecule has 2 heterocycles. The molecule has 6 heteroatoms. The number of fused-ring (bicyclic) bond motifs is 2. The van der Waals surface area contributed by atoms with Gasteiger partial charge >= 0.3 is 0 Å². The number of aromatic amines is 1. The maximum atomic E-state index is 12.1. The number of H-pyrrole nitrogens is 1. The molecule has 0 saturated carbocycles. The molecule has 126 valence electrons. The number of nitrogens with one attached hydrogen (secondary N) is 2. The Labute approximate surface area is 144 Å². The number of hydrogen-bond donors (Lipinski definition) is 2. The summed E-state index contributed by atoms with van der Waals surface area (Å²) >= 11 is 0. The van der Waals surface area contributed by atoms with E-state index in [1.165, 1.54) is 5.56 Å². The number of amides is 1. The lowest BCUT2D eigenvalue weighted by Gasteiger charge is -2.05. The zero-order chi connectivity index (χ0) is 17.2. The molecule has 0 radical (unpaired) electrons. The van der Waals surface area contributed by atoms with Crippen LogP contribution in [0.1, 0.15) is 17.8 Å².